The summed E-state index contributed by atoms with van der Waals surface area (Å²) in [5.41, 5.74) is 2.68. The summed E-state index contributed by atoms with van der Waals surface area (Å²) in [6.45, 7) is 3.97. The number of furan rings is 1. The second-order valence-electron chi connectivity index (χ2n) is 8.08. The predicted molar refractivity (Wildman–Crippen MR) is 122 cm³/mol. The molecule has 2 bridgehead atoms. The Morgan fingerprint density at radius 2 is 1.94 bits per heavy atom. The molecular weight excluding hydrogens is 436 g/mol. The number of halogens is 1. The van der Waals surface area contributed by atoms with Crippen LogP contribution >= 0.6 is 11.8 Å². The summed E-state index contributed by atoms with van der Waals surface area (Å²) < 4.78 is 39.0. The first-order valence-corrected chi connectivity index (χ1v) is 12.0. The molecule has 3 aliphatic rings. The van der Waals surface area contributed by atoms with Crippen LogP contribution in [0, 0.1) is 12.8 Å². The van der Waals surface area contributed by atoms with Crippen LogP contribution in [0.25, 0.3) is 16.5 Å². The van der Waals surface area contributed by atoms with Gasteiger partial charge in [0.2, 0.25) is 0 Å². The number of para-hydroxylation sites is 1. The molecule has 3 aromatic rings. The Morgan fingerprint density at radius 3 is 2.61 bits per heavy atom. The van der Waals surface area contributed by atoms with Crippen molar-refractivity contribution >= 4 is 44.0 Å². The Hall–Kier alpha value is -2.64. The van der Waals surface area contributed by atoms with E-state index in [0.717, 1.165) is 46.5 Å². The molecule has 0 amide bonds. The van der Waals surface area contributed by atoms with Crippen molar-refractivity contribution in [3.8, 4) is 5.75 Å². The zero-order valence-electron chi connectivity index (χ0n) is 17.3. The number of hydrogen-bond donors (Lipinski definition) is 0. The Labute approximate surface area is 186 Å². The second kappa shape index (κ2) is 7.50. The first kappa shape index (κ1) is 20.3. The number of methoxy groups -OCH3 is 1. The highest BCUT2D eigenvalue weighted by Gasteiger charge is 2.32. The fourth-order valence-corrected chi connectivity index (χ4v) is 6.11. The number of anilines is 1. The van der Waals surface area contributed by atoms with Gasteiger partial charge in [-0.1, -0.05) is 18.2 Å². The van der Waals surface area contributed by atoms with Crippen LogP contribution in [0.1, 0.15) is 24.2 Å². The van der Waals surface area contributed by atoms with E-state index in [1.165, 1.54) is 12.7 Å². The fourth-order valence-electron chi connectivity index (χ4n) is 4.44. The third-order valence-corrected chi connectivity index (χ3v) is 8.32. The van der Waals surface area contributed by atoms with Gasteiger partial charge in [-0.25, -0.2) is 0 Å². The van der Waals surface area contributed by atoms with Gasteiger partial charge in [0.05, 0.1) is 7.11 Å². The molecule has 31 heavy (non-hydrogen) atoms. The van der Waals surface area contributed by atoms with Gasteiger partial charge in [-0.3, -0.25) is 0 Å². The molecule has 3 aliphatic heterocycles. The van der Waals surface area contributed by atoms with Crippen molar-refractivity contribution in [2.24, 2.45) is 5.92 Å². The van der Waals surface area contributed by atoms with Crippen molar-refractivity contribution in [2.45, 2.75) is 24.7 Å². The van der Waals surface area contributed by atoms with E-state index in [1.54, 1.807) is 30.3 Å². The number of rotatable bonds is 5. The van der Waals surface area contributed by atoms with E-state index in [2.05, 4.69) is 11.1 Å². The summed E-state index contributed by atoms with van der Waals surface area (Å²) in [7, 11) is -2.65. The minimum atomic E-state index is -4.08. The zero-order chi connectivity index (χ0) is 21.8. The summed E-state index contributed by atoms with van der Waals surface area (Å²) in [5, 5.41) is 0.807. The SMILES string of the molecule is COc1ccc(C)cc1S(=O)(=O)N(Cl)c1cccc2cc(C3=CN4CCC3CC4)oc12. The van der Waals surface area contributed by atoms with E-state index < -0.39 is 10.0 Å². The highest BCUT2D eigenvalue weighted by molar-refractivity contribution is 7.94. The van der Waals surface area contributed by atoms with Gasteiger partial charge in [-0.2, -0.15) is 12.2 Å². The number of aryl methyl sites for hydroxylation is 1. The zero-order valence-corrected chi connectivity index (χ0v) is 18.9. The molecule has 0 atom stereocenters. The largest absolute Gasteiger partial charge is 0.495 e. The molecule has 0 N–H and O–H groups in total. The third-order valence-electron chi connectivity index (χ3n) is 6.10. The molecule has 8 heteroatoms. The average Bonchev–Trinajstić information content (AvgIpc) is 3.23. The number of hydrogen-bond acceptors (Lipinski definition) is 5. The van der Waals surface area contributed by atoms with Crippen LogP contribution in [-0.2, 0) is 10.0 Å². The highest BCUT2D eigenvalue weighted by Crippen LogP contribution is 2.42. The molecule has 6 rings (SSSR count). The Kier molecular flexibility index (Phi) is 4.90. The maximum Gasteiger partial charge on any atom is 0.281 e. The van der Waals surface area contributed by atoms with E-state index in [4.69, 9.17) is 20.9 Å². The molecule has 1 fully saturated rings. The predicted octanol–water partition coefficient (Wildman–Crippen LogP) is 5.17. The van der Waals surface area contributed by atoms with Gasteiger partial charge >= 0.3 is 0 Å². The molecule has 1 aromatic heterocycles. The standard InChI is InChI=1S/C23H23ClN2O4S/c1-15-6-7-20(29-2)22(12-15)31(27,28)26(24)19-5-3-4-17-13-21(30-23(17)19)18-14-25-10-8-16(18)9-11-25/h3-7,12-14,16H,8-11H2,1-2H3. The van der Waals surface area contributed by atoms with Crippen LogP contribution in [0.15, 0.2) is 58.0 Å². The van der Waals surface area contributed by atoms with Crippen molar-refractivity contribution in [2.75, 3.05) is 24.0 Å². The monoisotopic (exact) mass is 458 g/mol. The molecule has 1 saturated heterocycles. The molecule has 2 aromatic carbocycles. The quantitative estimate of drug-likeness (QED) is 0.494. The van der Waals surface area contributed by atoms with Gasteiger partial charge in [0.15, 0.2) is 5.58 Å². The lowest BCUT2D eigenvalue weighted by Gasteiger charge is -2.38. The summed E-state index contributed by atoms with van der Waals surface area (Å²) in [6.07, 6.45) is 4.39. The molecule has 0 spiro atoms. The first-order chi connectivity index (χ1) is 14.9. The number of fused-ring (bicyclic) bond motifs is 3. The van der Waals surface area contributed by atoms with Gasteiger partial charge in [-0.05, 0) is 55.5 Å². The van der Waals surface area contributed by atoms with Gasteiger partial charge in [0.25, 0.3) is 10.0 Å². The number of allylic oxidation sites excluding steroid dienone is 1. The molecule has 0 aliphatic carbocycles. The number of benzene rings is 2. The van der Waals surface area contributed by atoms with Crippen LogP contribution < -0.4 is 8.56 Å². The maximum atomic E-state index is 13.4. The molecular formula is C23H23ClN2O4S. The van der Waals surface area contributed by atoms with Crippen LogP contribution in [0.2, 0.25) is 0 Å². The molecule has 6 nitrogen and oxygen atoms in total. The van der Waals surface area contributed by atoms with Crippen LogP contribution in [0.5, 0.6) is 5.75 Å². The molecule has 0 radical (unpaired) electrons. The van der Waals surface area contributed by atoms with Gasteiger partial charge in [0, 0.05) is 42.0 Å². The lowest BCUT2D eigenvalue weighted by atomic mass is 9.84. The summed E-state index contributed by atoms with van der Waals surface area (Å²) in [6, 6.07) is 12.3. The lowest BCUT2D eigenvalue weighted by Crippen LogP contribution is -2.35. The number of piperidine rings is 1. The summed E-state index contributed by atoms with van der Waals surface area (Å²) in [4.78, 5) is 2.32. The molecule has 162 valence electrons. The number of ether oxygens (including phenoxy) is 1. The highest BCUT2D eigenvalue weighted by atomic mass is 35.5. The van der Waals surface area contributed by atoms with Crippen LogP contribution in [-0.4, -0.2) is 33.5 Å². The number of sulfonamides is 1. The van der Waals surface area contributed by atoms with Crippen molar-refractivity contribution in [3.63, 3.8) is 0 Å². The topological polar surface area (TPSA) is 63.0 Å². The normalized spacial score (nSPS) is 16.6. The minimum absolute atomic E-state index is 0.00822. The van der Waals surface area contributed by atoms with E-state index in [0.29, 0.717) is 11.5 Å². The van der Waals surface area contributed by atoms with Crippen LogP contribution in [0.4, 0.5) is 5.69 Å². The van der Waals surface area contributed by atoms with Crippen molar-refractivity contribution in [1.82, 2.24) is 4.90 Å². The number of nitrogens with zero attached hydrogens (tertiary/aromatic N) is 2. The Morgan fingerprint density at radius 1 is 1.16 bits per heavy atom. The average molecular weight is 459 g/mol. The molecule has 0 saturated carbocycles. The van der Waals surface area contributed by atoms with E-state index in [-0.39, 0.29) is 16.3 Å². The van der Waals surface area contributed by atoms with Crippen molar-refractivity contribution < 1.29 is 17.6 Å². The Bertz CT molecular complexity index is 1290. The summed E-state index contributed by atoms with van der Waals surface area (Å²) >= 11 is 6.46. The second-order valence-corrected chi connectivity index (χ2v) is 10.4. The van der Waals surface area contributed by atoms with E-state index in [1.807, 2.05) is 19.1 Å². The van der Waals surface area contributed by atoms with Gasteiger partial charge in [0.1, 0.15) is 22.1 Å². The lowest BCUT2D eigenvalue weighted by molar-refractivity contribution is 0.250. The van der Waals surface area contributed by atoms with Gasteiger partial charge < -0.3 is 14.1 Å². The molecule has 4 heterocycles. The van der Waals surface area contributed by atoms with E-state index >= 15 is 0 Å². The maximum absolute atomic E-state index is 13.4. The van der Waals surface area contributed by atoms with Crippen molar-refractivity contribution in [3.05, 3.63) is 60.0 Å². The fraction of sp³-hybridized carbons (Fsp3) is 0.304. The molecule has 0 unspecified atom stereocenters. The van der Waals surface area contributed by atoms with Crippen molar-refractivity contribution in [1.29, 1.82) is 0 Å². The summed E-state index contributed by atoms with van der Waals surface area (Å²) in [5.74, 6) is 1.48. The van der Waals surface area contributed by atoms with Crippen LogP contribution in [0.3, 0.4) is 0 Å². The smallest absolute Gasteiger partial charge is 0.281 e. The Balaban J connectivity index is 1.59. The first-order valence-electron chi connectivity index (χ1n) is 10.2. The van der Waals surface area contributed by atoms with Gasteiger partial charge in [-0.15, -0.1) is 0 Å². The minimum Gasteiger partial charge on any atom is -0.495 e. The third kappa shape index (κ3) is 3.36. The van der Waals surface area contributed by atoms with E-state index in [9.17, 15) is 8.42 Å².